The van der Waals surface area contributed by atoms with Crippen molar-refractivity contribution in [2.45, 2.75) is 59.5 Å². The van der Waals surface area contributed by atoms with Crippen LogP contribution in [0.5, 0.6) is 0 Å². The van der Waals surface area contributed by atoms with Crippen LogP contribution in [0.15, 0.2) is 24.3 Å². The van der Waals surface area contributed by atoms with Gasteiger partial charge < -0.3 is 4.90 Å². The van der Waals surface area contributed by atoms with Gasteiger partial charge in [-0.1, -0.05) is 0 Å². The summed E-state index contributed by atoms with van der Waals surface area (Å²) in [6, 6.07) is 7.18. The molecule has 0 bridgehead atoms. The first-order valence-electron chi connectivity index (χ1n) is 10.6. The van der Waals surface area contributed by atoms with Crippen molar-refractivity contribution in [1.82, 2.24) is 19.6 Å². The zero-order valence-corrected chi connectivity index (χ0v) is 17.9. The second-order valence-electron chi connectivity index (χ2n) is 9.05. The van der Waals surface area contributed by atoms with E-state index in [1.54, 1.807) is 6.07 Å². The number of aromatic nitrogens is 2. The number of likely N-dealkylation sites (tertiary alicyclic amines) is 2. The van der Waals surface area contributed by atoms with Crippen molar-refractivity contribution < 1.29 is 9.18 Å². The fraction of sp³-hybridized carbons (Fsp3) is 0.565. The van der Waals surface area contributed by atoms with Crippen LogP contribution in [0.2, 0.25) is 0 Å². The Kier molecular flexibility index (Phi) is 5.23. The molecule has 0 aliphatic carbocycles. The minimum atomic E-state index is -0.270. The van der Waals surface area contributed by atoms with E-state index in [1.165, 1.54) is 6.07 Å². The zero-order valence-electron chi connectivity index (χ0n) is 17.9. The number of hydrogen-bond donors (Lipinski definition) is 0. The SMILES string of the molecule is Cc1cc(C)n(-c2ccc(F)cc2CN2CC[C@@]3(CCCN(C(C)C)C3=O)C2)n1. The lowest BCUT2D eigenvalue weighted by Gasteiger charge is -2.41. The Morgan fingerprint density at radius 3 is 2.66 bits per heavy atom. The van der Waals surface area contributed by atoms with Gasteiger partial charge in [0.05, 0.1) is 16.8 Å². The maximum Gasteiger partial charge on any atom is 0.230 e. The summed E-state index contributed by atoms with van der Waals surface area (Å²) in [5.74, 6) is 0.0678. The molecule has 2 saturated heterocycles. The molecule has 156 valence electrons. The highest BCUT2D eigenvalue weighted by atomic mass is 19.1. The molecule has 0 unspecified atom stereocenters. The van der Waals surface area contributed by atoms with Crippen LogP contribution in [0, 0.1) is 25.1 Å². The average Bonchev–Trinajstić information content (AvgIpc) is 3.21. The predicted molar refractivity (Wildman–Crippen MR) is 111 cm³/mol. The summed E-state index contributed by atoms with van der Waals surface area (Å²) in [6.07, 6.45) is 2.91. The van der Waals surface area contributed by atoms with Gasteiger partial charge >= 0.3 is 0 Å². The smallest absolute Gasteiger partial charge is 0.230 e. The number of amides is 1. The molecular formula is C23H31FN4O. The molecule has 2 fully saturated rings. The van der Waals surface area contributed by atoms with E-state index >= 15 is 0 Å². The van der Waals surface area contributed by atoms with Crippen LogP contribution < -0.4 is 0 Å². The normalized spacial score (nSPS) is 23.0. The quantitative estimate of drug-likeness (QED) is 0.786. The number of rotatable bonds is 4. The summed E-state index contributed by atoms with van der Waals surface area (Å²) in [6.45, 7) is 11.3. The van der Waals surface area contributed by atoms with Gasteiger partial charge in [0.2, 0.25) is 5.91 Å². The maximum atomic E-state index is 14.1. The summed E-state index contributed by atoms with van der Waals surface area (Å²) >= 11 is 0. The molecule has 2 aliphatic heterocycles. The third-order valence-corrected chi connectivity index (χ3v) is 6.50. The van der Waals surface area contributed by atoms with Crippen molar-refractivity contribution in [2.75, 3.05) is 19.6 Å². The van der Waals surface area contributed by atoms with Crippen LogP contribution in [0.4, 0.5) is 4.39 Å². The molecule has 1 atom stereocenters. The van der Waals surface area contributed by atoms with Crippen molar-refractivity contribution in [1.29, 1.82) is 0 Å². The summed E-state index contributed by atoms with van der Waals surface area (Å²) in [5, 5.41) is 4.59. The monoisotopic (exact) mass is 398 g/mol. The van der Waals surface area contributed by atoms with E-state index in [9.17, 15) is 9.18 Å². The molecule has 6 heteroatoms. The van der Waals surface area contributed by atoms with Crippen LogP contribution in [0.1, 0.15) is 50.1 Å². The Morgan fingerprint density at radius 1 is 1.17 bits per heavy atom. The summed E-state index contributed by atoms with van der Waals surface area (Å²) in [7, 11) is 0. The lowest BCUT2D eigenvalue weighted by atomic mass is 9.78. The van der Waals surface area contributed by atoms with Gasteiger partial charge in [-0.15, -0.1) is 0 Å². The highest BCUT2D eigenvalue weighted by Gasteiger charge is 2.48. The Labute approximate surface area is 172 Å². The molecule has 1 amide bonds. The fourth-order valence-electron chi connectivity index (χ4n) is 5.07. The first-order valence-corrected chi connectivity index (χ1v) is 10.6. The average molecular weight is 399 g/mol. The second-order valence-corrected chi connectivity index (χ2v) is 9.05. The van der Waals surface area contributed by atoms with Gasteiger partial charge in [-0.05, 0) is 83.3 Å². The number of halogens is 1. The standard InChI is InChI=1S/C23H31FN4O/c1-16(2)27-10-5-8-23(22(27)29)9-11-26(15-23)14-19-13-20(24)6-7-21(19)28-18(4)12-17(3)25-28/h6-7,12-13,16H,5,8-11,14-15H2,1-4H3/t23-/m0/s1. The minimum absolute atomic E-state index is 0.237. The molecule has 1 aromatic heterocycles. The highest BCUT2D eigenvalue weighted by molar-refractivity contribution is 5.84. The number of nitrogens with zero attached hydrogens (tertiary/aromatic N) is 4. The number of piperidine rings is 1. The Balaban J connectivity index is 1.57. The van der Waals surface area contributed by atoms with Crippen molar-refractivity contribution in [2.24, 2.45) is 5.41 Å². The van der Waals surface area contributed by atoms with Gasteiger partial charge in [-0.25, -0.2) is 9.07 Å². The first kappa shape index (κ1) is 20.1. The fourth-order valence-corrected chi connectivity index (χ4v) is 5.07. The van der Waals surface area contributed by atoms with E-state index < -0.39 is 0 Å². The molecule has 1 spiro atoms. The Hall–Kier alpha value is -2.21. The van der Waals surface area contributed by atoms with Gasteiger partial charge in [-0.3, -0.25) is 9.69 Å². The van der Waals surface area contributed by atoms with Crippen molar-refractivity contribution in [3.8, 4) is 5.69 Å². The van der Waals surface area contributed by atoms with E-state index in [0.717, 1.165) is 61.5 Å². The molecule has 29 heavy (non-hydrogen) atoms. The van der Waals surface area contributed by atoms with E-state index in [2.05, 4.69) is 23.8 Å². The lowest BCUT2D eigenvalue weighted by Crippen LogP contribution is -2.52. The number of carbonyl (C=O) groups is 1. The van der Waals surface area contributed by atoms with Crippen LogP contribution in [-0.4, -0.2) is 51.2 Å². The topological polar surface area (TPSA) is 41.4 Å². The molecule has 0 N–H and O–H groups in total. The molecule has 0 radical (unpaired) electrons. The largest absolute Gasteiger partial charge is 0.340 e. The molecule has 5 nitrogen and oxygen atoms in total. The van der Waals surface area contributed by atoms with Crippen LogP contribution in [-0.2, 0) is 11.3 Å². The van der Waals surface area contributed by atoms with Gasteiger partial charge in [0.25, 0.3) is 0 Å². The Bertz CT molecular complexity index is 922. The molecule has 4 rings (SSSR count). The summed E-state index contributed by atoms with van der Waals surface area (Å²) in [5.41, 5.74) is 3.53. The van der Waals surface area contributed by atoms with Crippen LogP contribution >= 0.6 is 0 Å². The molecular weight excluding hydrogens is 367 g/mol. The Morgan fingerprint density at radius 2 is 1.97 bits per heavy atom. The molecule has 2 aliphatic rings. The minimum Gasteiger partial charge on any atom is -0.340 e. The number of carbonyl (C=O) groups excluding carboxylic acids is 1. The highest BCUT2D eigenvalue weighted by Crippen LogP contribution is 2.41. The zero-order chi connectivity index (χ0) is 20.8. The molecule has 2 aromatic rings. The molecule has 3 heterocycles. The van der Waals surface area contributed by atoms with E-state index in [4.69, 9.17) is 0 Å². The van der Waals surface area contributed by atoms with E-state index in [1.807, 2.05) is 35.6 Å². The number of hydrogen-bond acceptors (Lipinski definition) is 3. The summed E-state index contributed by atoms with van der Waals surface area (Å²) in [4.78, 5) is 17.6. The van der Waals surface area contributed by atoms with Crippen LogP contribution in [0.3, 0.4) is 0 Å². The van der Waals surface area contributed by atoms with Gasteiger partial charge in [0, 0.05) is 31.4 Å². The number of benzene rings is 1. The van der Waals surface area contributed by atoms with Crippen molar-refractivity contribution in [3.05, 3.63) is 47.0 Å². The molecule has 1 aromatic carbocycles. The summed E-state index contributed by atoms with van der Waals surface area (Å²) < 4.78 is 16.0. The maximum absolute atomic E-state index is 14.1. The third kappa shape index (κ3) is 3.70. The first-order chi connectivity index (χ1) is 13.8. The number of aryl methyl sites for hydroxylation is 2. The lowest BCUT2D eigenvalue weighted by molar-refractivity contribution is -0.147. The van der Waals surface area contributed by atoms with E-state index in [-0.39, 0.29) is 17.3 Å². The predicted octanol–water partition coefficient (Wildman–Crippen LogP) is 3.85. The van der Waals surface area contributed by atoms with E-state index in [0.29, 0.717) is 12.5 Å². The van der Waals surface area contributed by atoms with Gasteiger partial charge in [-0.2, -0.15) is 5.10 Å². The third-order valence-electron chi connectivity index (χ3n) is 6.50. The second kappa shape index (κ2) is 7.56. The van der Waals surface area contributed by atoms with Crippen molar-refractivity contribution >= 4 is 5.91 Å². The van der Waals surface area contributed by atoms with Gasteiger partial charge in [0.1, 0.15) is 5.82 Å². The van der Waals surface area contributed by atoms with Crippen molar-refractivity contribution in [3.63, 3.8) is 0 Å². The molecule has 0 saturated carbocycles. The van der Waals surface area contributed by atoms with Crippen LogP contribution in [0.25, 0.3) is 5.69 Å². The van der Waals surface area contributed by atoms with Gasteiger partial charge in [0.15, 0.2) is 0 Å².